The molecule has 2 rings (SSSR count). The molecule has 1 fully saturated rings. The Kier molecular flexibility index (Phi) is 9.27. The van der Waals surface area contributed by atoms with Crippen molar-refractivity contribution in [2.45, 2.75) is 52.1 Å². The fraction of sp³-hybridized carbons (Fsp3) is 0.632. The quantitative estimate of drug-likeness (QED) is 0.459. The first-order chi connectivity index (χ1) is 13.5. The molecule has 0 radical (unpaired) electrons. The molecule has 7 nitrogen and oxygen atoms in total. The van der Waals surface area contributed by atoms with Gasteiger partial charge in [0.05, 0.1) is 17.9 Å². The second-order valence-electron chi connectivity index (χ2n) is 6.54. The Balaban J connectivity index is 2.19. The molecule has 1 heterocycles. The second kappa shape index (κ2) is 11.4. The zero-order chi connectivity index (χ0) is 20.5. The number of amides is 1. The van der Waals surface area contributed by atoms with E-state index in [2.05, 4.69) is 5.32 Å². The first-order valence-corrected chi connectivity index (χ1v) is 11.5. The number of hydrogen-bond acceptors (Lipinski definition) is 8. The third-order valence-electron chi connectivity index (χ3n) is 4.39. The Morgan fingerprint density at radius 3 is 2.57 bits per heavy atom. The number of carbonyl (C=O) groups excluding carboxylic acids is 3. The zero-order valence-electron chi connectivity index (χ0n) is 16.4. The first-order valence-electron chi connectivity index (χ1n) is 9.57. The fourth-order valence-corrected chi connectivity index (χ4v) is 4.71. The summed E-state index contributed by atoms with van der Waals surface area (Å²) in [6.45, 7) is 4.08. The van der Waals surface area contributed by atoms with E-state index >= 15 is 0 Å². The highest BCUT2D eigenvalue weighted by Crippen LogP contribution is 2.35. The van der Waals surface area contributed by atoms with Crippen molar-refractivity contribution in [3.8, 4) is 0 Å². The van der Waals surface area contributed by atoms with E-state index in [-0.39, 0.29) is 29.9 Å². The number of esters is 2. The molecule has 1 amide bonds. The highest BCUT2D eigenvalue weighted by Gasteiger charge is 2.29. The van der Waals surface area contributed by atoms with Crippen molar-refractivity contribution in [1.82, 2.24) is 0 Å². The lowest BCUT2D eigenvalue weighted by molar-refractivity contribution is -0.113. The Morgan fingerprint density at radius 2 is 1.93 bits per heavy atom. The van der Waals surface area contributed by atoms with Gasteiger partial charge in [-0.3, -0.25) is 4.79 Å². The third kappa shape index (κ3) is 6.22. The minimum Gasteiger partial charge on any atom is -0.462 e. The van der Waals surface area contributed by atoms with E-state index in [4.69, 9.17) is 15.2 Å². The molecule has 9 heteroatoms. The number of nitrogens with one attached hydrogen (secondary N) is 1. The molecule has 28 heavy (non-hydrogen) atoms. The van der Waals surface area contributed by atoms with Gasteiger partial charge in [-0.25, -0.2) is 9.59 Å². The molecule has 0 spiro atoms. The third-order valence-corrected chi connectivity index (χ3v) is 6.56. The standard InChI is InChI=1S/C19H28N2O5S2/c1-3-25-18(23)15-12(2)16(19(24)26-13-7-5-4-6-8-13)28-17(15)21-14(22)11-27-10-9-20/h13H,3-11,20H2,1-2H3,(H,21,22). The van der Waals surface area contributed by atoms with E-state index in [1.165, 1.54) is 11.8 Å². The molecule has 156 valence electrons. The van der Waals surface area contributed by atoms with E-state index in [0.717, 1.165) is 43.4 Å². The lowest BCUT2D eigenvalue weighted by Gasteiger charge is -2.21. The summed E-state index contributed by atoms with van der Waals surface area (Å²) in [5, 5.41) is 3.06. The molecule has 1 aromatic rings. The van der Waals surface area contributed by atoms with Gasteiger partial charge in [0.15, 0.2) is 0 Å². The van der Waals surface area contributed by atoms with Gasteiger partial charge in [-0.1, -0.05) is 6.42 Å². The molecule has 1 saturated carbocycles. The van der Waals surface area contributed by atoms with Crippen LogP contribution in [0.4, 0.5) is 5.00 Å². The zero-order valence-corrected chi connectivity index (χ0v) is 18.0. The molecule has 0 unspecified atom stereocenters. The van der Waals surface area contributed by atoms with Crippen LogP contribution >= 0.6 is 23.1 Å². The van der Waals surface area contributed by atoms with E-state index in [9.17, 15) is 14.4 Å². The topological polar surface area (TPSA) is 108 Å². The Morgan fingerprint density at radius 1 is 1.21 bits per heavy atom. The lowest BCUT2D eigenvalue weighted by atomic mass is 9.98. The fourth-order valence-electron chi connectivity index (χ4n) is 3.04. The molecule has 3 N–H and O–H groups in total. The smallest absolute Gasteiger partial charge is 0.348 e. The number of thioether (sulfide) groups is 1. The molecule has 1 aromatic heterocycles. The van der Waals surface area contributed by atoms with Crippen LogP contribution in [-0.4, -0.2) is 48.6 Å². The molecule has 1 aliphatic rings. The Bertz CT molecular complexity index is 699. The number of rotatable bonds is 9. The normalized spacial score (nSPS) is 14.5. The van der Waals surface area contributed by atoms with Gasteiger partial charge in [-0.2, -0.15) is 11.8 Å². The van der Waals surface area contributed by atoms with Gasteiger partial charge in [0.25, 0.3) is 0 Å². The van der Waals surface area contributed by atoms with E-state index in [0.29, 0.717) is 27.7 Å². The van der Waals surface area contributed by atoms with Crippen molar-refractivity contribution in [2.75, 3.05) is 30.0 Å². The summed E-state index contributed by atoms with van der Waals surface area (Å²) in [5.41, 5.74) is 6.14. The average Bonchev–Trinajstić information content (AvgIpc) is 2.99. The second-order valence-corrected chi connectivity index (χ2v) is 8.66. The van der Waals surface area contributed by atoms with Crippen LogP contribution in [0, 0.1) is 6.92 Å². The van der Waals surface area contributed by atoms with Crippen LogP contribution < -0.4 is 11.1 Å². The molecule has 0 aromatic carbocycles. The predicted molar refractivity (Wildman–Crippen MR) is 112 cm³/mol. The maximum absolute atomic E-state index is 12.7. The SMILES string of the molecule is CCOC(=O)c1c(NC(=O)CSCCN)sc(C(=O)OC2CCCCC2)c1C. The van der Waals surface area contributed by atoms with Crippen molar-refractivity contribution in [3.63, 3.8) is 0 Å². The summed E-state index contributed by atoms with van der Waals surface area (Å²) in [6, 6.07) is 0. The highest BCUT2D eigenvalue weighted by molar-refractivity contribution is 7.99. The molecule has 0 bridgehead atoms. The van der Waals surface area contributed by atoms with Crippen LogP contribution in [0.5, 0.6) is 0 Å². The number of hydrogen-bond donors (Lipinski definition) is 2. The monoisotopic (exact) mass is 428 g/mol. The van der Waals surface area contributed by atoms with Gasteiger partial charge in [0, 0.05) is 12.3 Å². The predicted octanol–water partition coefficient (Wildman–Crippen LogP) is 3.35. The number of anilines is 1. The van der Waals surface area contributed by atoms with Crippen molar-refractivity contribution in [1.29, 1.82) is 0 Å². The van der Waals surface area contributed by atoms with Crippen LogP contribution in [0.15, 0.2) is 0 Å². The van der Waals surface area contributed by atoms with Crippen LogP contribution in [0.3, 0.4) is 0 Å². The van der Waals surface area contributed by atoms with Gasteiger partial charge >= 0.3 is 11.9 Å². The molecule has 0 atom stereocenters. The van der Waals surface area contributed by atoms with Gasteiger partial charge in [0.1, 0.15) is 16.0 Å². The summed E-state index contributed by atoms with van der Waals surface area (Å²) >= 11 is 2.47. The molecule has 0 saturated heterocycles. The average molecular weight is 429 g/mol. The van der Waals surface area contributed by atoms with Crippen molar-refractivity contribution >= 4 is 45.9 Å². The number of ether oxygens (including phenoxy) is 2. The van der Waals surface area contributed by atoms with Crippen LogP contribution in [0.1, 0.15) is 64.6 Å². The summed E-state index contributed by atoms with van der Waals surface area (Å²) in [5.74, 6) is -0.368. The van der Waals surface area contributed by atoms with Crippen molar-refractivity contribution in [3.05, 3.63) is 16.0 Å². The maximum atomic E-state index is 12.7. The van der Waals surface area contributed by atoms with Crippen LogP contribution in [0.25, 0.3) is 0 Å². The first kappa shape index (κ1) is 22.7. The van der Waals surface area contributed by atoms with E-state index in [1.54, 1.807) is 13.8 Å². The van der Waals surface area contributed by atoms with Gasteiger partial charge in [-0.05, 0) is 45.1 Å². The van der Waals surface area contributed by atoms with Gasteiger partial charge in [-0.15, -0.1) is 11.3 Å². The Labute approximate surface area is 173 Å². The minimum atomic E-state index is -0.558. The van der Waals surface area contributed by atoms with E-state index < -0.39 is 11.9 Å². The lowest BCUT2D eigenvalue weighted by Crippen LogP contribution is -2.21. The minimum absolute atomic E-state index is 0.0838. The maximum Gasteiger partial charge on any atom is 0.348 e. The molecular weight excluding hydrogens is 400 g/mol. The van der Waals surface area contributed by atoms with Crippen LogP contribution in [-0.2, 0) is 14.3 Å². The summed E-state index contributed by atoms with van der Waals surface area (Å²) in [7, 11) is 0. The highest BCUT2D eigenvalue weighted by atomic mass is 32.2. The largest absolute Gasteiger partial charge is 0.462 e. The van der Waals surface area contributed by atoms with Crippen LogP contribution in [0.2, 0.25) is 0 Å². The summed E-state index contributed by atoms with van der Waals surface area (Å²) in [4.78, 5) is 37.6. The summed E-state index contributed by atoms with van der Waals surface area (Å²) < 4.78 is 10.8. The number of carbonyl (C=O) groups is 3. The number of thiophene rings is 1. The summed E-state index contributed by atoms with van der Waals surface area (Å²) in [6.07, 6.45) is 4.91. The van der Waals surface area contributed by atoms with E-state index in [1.807, 2.05) is 0 Å². The van der Waals surface area contributed by atoms with Crippen molar-refractivity contribution < 1.29 is 23.9 Å². The molecule has 0 aliphatic heterocycles. The van der Waals surface area contributed by atoms with Gasteiger partial charge in [0.2, 0.25) is 5.91 Å². The Hall–Kier alpha value is -1.58. The molecular formula is C19H28N2O5S2. The number of nitrogens with two attached hydrogens (primary N) is 1. The molecule has 1 aliphatic carbocycles. The van der Waals surface area contributed by atoms with Crippen molar-refractivity contribution in [2.24, 2.45) is 5.73 Å². The van der Waals surface area contributed by atoms with Gasteiger partial charge < -0.3 is 20.5 Å².